The summed E-state index contributed by atoms with van der Waals surface area (Å²) in [4.78, 5) is 0. The van der Waals surface area contributed by atoms with Crippen LogP contribution in [0.1, 0.15) is 41.9 Å². The number of phenols is 1. The van der Waals surface area contributed by atoms with Crippen molar-refractivity contribution >= 4 is 0 Å². The summed E-state index contributed by atoms with van der Waals surface area (Å²) < 4.78 is 0. The van der Waals surface area contributed by atoms with Crippen molar-refractivity contribution in [3.63, 3.8) is 0 Å². The van der Waals surface area contributed by atoms with Crippen molar-refractivity contribution in [3.8, 4) is 5.75 Å². The van der Waals surface area contributed by atoms with E-state index in [-0.39, 0.29) is 0 Å². The van der Waals surface area contributed by atoms with Crippen molar-refractivity contribution in [2.45, 2.75) is 38.0 Å². The molecule has 19 heavy (non-hydrogen) atoms. The van der Waals surface area contributed by atoms with E-state index < -0.39 is 0 Å². The van der Waals surface area contributed by atoms with E-state index in [0.29, 0.717) is 11.7 Å². The number of benzene rings is 2. The molecule has 0 aromatic heterocycles. The predicted octanol–water partition coefficient (Wildman–Crippen LogP) is 4.44. The third-order valence-electron chi connectivity index (χ3n) is 4.26. The summed E-state index contributed by atoms with van der Waals surface area (Å²) in [6.07, 6.45) is 5.67. The molecule has 0 fully saturated rings. The molecule has 0 spiro atoms. The van der Waals surface area contributed by atoms with Gasteiger partial charge in [0, 0.05) is 0 Å². The average Bonchev–Trinajstić information content (AvgIpc) is 2.41. The second kappa shape index (κ2) is 5.48. The largest absolute Gasteiger partial charge is 0.508 e. The summed E-state index contributed by atoms with van der Waals surface area (Å²) >= 11 is 0. The minimum Gasteiger partial charge on any atom is -0.508 e. The Balaban J connectivity index is 1.84. The van der Waals surface area contributed by atoms with Gasteiger partial charge >= 0.3 is 0 Å². The van der Waals surface area contributed by atoms with Gasteiger partial charge in [-0.3, -0.25) is 0 Å². The minimum absolute atomic E-state index is 0.478. The summed E-state index contributed by atoms with van der Waals surface area (Å²) in [5.74, 6) is 1.11. The van der Waals surface area contributed by atoms with Crippen LogP contribution < -0.4 is 0 Å². The molecule has 2 aromatic rings. The number of hydrogen-bond acceptors (Lipinski definition) is 1. The number of hydrogen-bond donors (Lipinski definition) is 1. The summed E-state index contributed by atoms with van der Waals surface area (Å²) in [5, 5.41) is 10.0. The van der Waals surface area contributed by atoms with Gasteiger partial charge < -0.3 is 5.11 Å². The Morgan fingerprint density at radius 1 is 0.842 bits per heavy atom. The normalized spacial score (nSPS) is 19.3. The zero-order chi connectivity index (χ0) is 13.1. The van der Waals surface area contributed by atoms with Gasteiger partial charge in [0.1, 0.15) is 5.75 Å². The summed E-state index contributed by atoms with van der Waals surface area (Å²) in [7, 11) is 0. The fourth-order valence-electron chi connectivity index (χ4n) is 3.20. The zero-order valence-electron chi connectivity index (χ0n) is 11.2. The maximum atomic E-state index is 10.0. The van der Waals surface area contributed by atoms with Crippen LogP contribution in [0.25, 0.3) is 0 Å². The van der Waals surface area contributed by atoms with Crippen molar-refractivity contribution in [3.05, 3.63) is 65.2 Å². The highest BCUT2D eigenvalue weighted by atomic mass is 16.3. The van der Waals surface area contributed by atoms with Gasteiger partial charge in [0.2, 0.25) is 0 Å². The van der Waals surface area contributed by atoms with Crippen molar-refractivity contribution in [1.29, 1.82) is 0 Å². The lowest BCUT2D eigenvalue weighted by Crippen LogP contribution is -2.07. The molecule has 3 rings (SSSR count). The van der Waals surface area contributed by atoms with Crippen LogP contribution in [0, 0.1) is 0 Å². The Kier molecular flexibility index (Phi) is 3.54. The summed E-state index contributed by atoms with van der Waals surface area (Å²) in [6, 6.07) is 16.7. The quantitative estimate of drug-likeness (QED) is 0.795. The fourth-order valence-corrected chi connectivity index (χ4v) is 3.20. The van der Waals surface area contributed by atoms with Crippen LogP contribution in [-0.4, -0.2) is 5.11 Å². The van der Waals surface area contributed by atoms with Gasteiger partial charge in [-0.2, -0.15) is 0 Å². The van der Waals surface area contributed by atoms with Crippen molar-refractivity contribution < 1.29 is 5.11 Å². The van der Waals surface area contributed by atoms with E-state index in [9.17, 15) is 5.11 Å². The molecule has 0 bridgehead atoms. The van der Waals surface area contributed by atoms with E-state index in [1.54, 1.807) is 0 Å². The highest BCUT2D eigenvalue weighted by Gasteiger charge is 2.17. The Labute approximate surface area is 114 Å². The summed E-state index contributed by atoms with van der Waals surface area (Å²) in [6.45, 7) is 0. The van der Waals surface area contributed by atoms with E-state index in [2.05, 4.69) is 36.4 Å². The van der Waals surface area contributed by atoms with Crippen LogP contribution >= 0.6 is 0 Å². The lowest BCUT2D eigenvalue weighted by atomic mass is 9.83. The van der Waals surface area contributed by atoms with Gasteiger partial charge in [0.05, 0.1) is 0 Å². The molecule has 0 heterocycles. The van der Waals surface area contributed by atoms with Crippen molar-refractivity contribution in [2.75, 3.05) is 0 Å². The van der Waals surface area contributed by atoms with E-state index in [1.807, 2.05) is 12.1 Å². The molecular weight excluding hydrogens is 232 g/mol. The maximum Gasteiger partial charge on any atom is 0.119 e. The first kappa shape index (κ1) is 12.3. The van der Waals surface area contributed by atoms with E-state index >= 15 is 0 Å². The van der Waals surface area contributed by atoms with E-state index in [0.717, 1.165) is 19.3 Å². The lowest BCUT2D eigenvalue weighted by molar-refractivity contribution is 0.457. The molecule has 1 aliphatic carbocycles. The zero-order valence-corrected chi connectivity index (χ0v) is 11.2. The maximum absolute atomic E-state index is 10.0. The number of phenolic OH excluding ortho intramolecular Hbond substituents is 1. The van der Waals surface area contributed by atoms with Gasteiger partial charge in [-0.05, 0) is 60.8 Å². The number of aryl methyl sites for hydroxylation is 1. The molecule has 1 nitrogen and oxygen atoms in total. The molecule has 2 aromatic carbocycles. The Morgan fingerprint density at radius 3 is 2.53 bits per heavy atom. The van der Waals surface area contributed by atoms with Gasteiger partial charge in [0.15, 0.2) is 0 Å². The second-order valence-electron chi connectivity index (χ2n) is 5.45. The lowest BCUT2D eigenvalue weighted by Gasteiger charge is -2.22. The molecule has 0 amide bonds. The first-order valence-electron chi connectivity index (χ1n) is 7.19. The number of fused-ring (bicyclic) bond motifs is 1. The molecule has 1 N–H and O–H groups in total. The first-order valence-corrected chi connectivity index (χ1v) is 7.19. The molecule has 1 heteroatoms. The van der Waals surface area contributed by atoms with Crippen LogP contribution in [0.3, 0.4) is 0 Å². The third-order valence-corrected chi connectivity index (χ3v) is 4.26. The Morgan fingerprint density at radius 2 is 1.68 bits per heavy atom. The number of rotatable bonds is 1. The third kappa shape index (κ3) is 2.65. The average molecular weight is 252 g/mol. The molecule has 1 aliphatic rings. The van der Waals surface area contributed by atoms with Gasteiger partial charge in [-0.25, -0.2) is 0 Å². The van der Waals surface area contributed by atoms with Crippen LogP contribution in [0.2, 0.25) is 0 Å². The monoisotopic (exact) mass is 252 g/mol. The minimum atomic E-state index is 0.478. The van der Waals surface area contributed by atoms with Crippen LogP contribution in [0.5, 0.6) is 5.75 Å². The van der Waals surface area contributed by atoms with Crippen molar-refractivity contribution in [1.82, 2.24) is 0 Å². The highest BCUT2D eigenvalue weighted by Crippen LogP contribution is 2.33. The van der Waals surface area contributed by atoms with Crippen LogP contribution in [0.4, 0.5) is 0 Å². The molecular formula is C18H20O. The molecule has 0 saturated carbocycles. The topological polar surface area (TPSA) is 20.2 Å². The van der Waals surface area contributed by atoms with Crippen LogP contribution in [-0.2, 0) is 12.8 Å². The van der Waals surface area contributed by atoms with E-state index in [4.69, 9.17) is 0 Å². The highest BCUT2D eigenvalue weighted by molar-refractivity contribution is 5.40. The smallest absolute Gasteiger partial charge is 0.119 e. The van der Waals surface area contributed by atoms with Crippen molar-refractivity contribution in [2.24, 2.45) is 0 Å². The van der Waals surface area contributed by atoms with Gasteiger partial charge in [-0.1, -0.05) is 42.5 Å². The molecule has 98 valence electrons. The Bertz CT molecular complexity index is 545. The number of aromatic hydroxyl groups is 1. The Hall–Kier alpha value is -1.76. The molecule has 1 unspecified atom stereocenters. The second-order valence-corrected chi connectivity index (χ2v) is 5.45. The molecule has 0 saturated heterocycles. The molecule has 0 radical (unpaired) electrons. The SMILES string of the molecule is Oc1cccc2c1CCC(c1ccccc1)CCC2. The van der Waals surface area contributed by atoms with Gasteiger partial charge in [0.25, 0.3) is 0 Å². The summed E-state index contributed by atoms with van der Waals surface area (Å²) in [5.41, 5.74) is 3.95. The molecule has 1 atom stereocenters. The molecule has 0 aliphatic heterocycles. The fraction of sp³-hybridized carbons (Fsp3) is 0.333. The standard InChI is InChI=1S/C18H20O/c19-18-11-5-10-16-9-4-8-15(12-13-17(16)18)14-6-2-1-3-7-14/h1-3,5-7,10-11,15,19H,4,8-9,12-13H2. The van der Waals surface area contributed by atoms with Gasteiger partial charge in [-0.15, -0.1) is 0 Å². The van der Waals surface area contributed by atoms with E-state index in [1.165, 1.54) is 29.5 Å². The predicted molar refractivity (Wildman–Crippen MR) is 78.5 cm³/mol. The van der Waals surface area contributed by atoms with Crippen LogP contribution in [0.15, 0.2) is 48.5 Å². The first-order chi connectivity index (χ1) is 9.34.